The van der Waals surface area contributed by atoms with E-state index in [1.165, 1.54) is 12.5 Å². The van der Waals surface area contributed by atoms with E-state index in [2.05, 4.69) is 10.4 Å². The molecule has 0 saturated heterocycles. The molecule has 0 fully saturated rings. The first kappa shape index (κ1) is 13.2. The van der Waals surface area contributed by atoms with Crippen LogP contribution in [0, 0.1) is 0 Å². The molecule has 0 aliphatic rings. The van der Waals surface area contributed by atoms with E-state index in [-0.39, 0.29) is 11.9 Å². The van der Waals surface area contributed by atoms with Gasteiger partial charge in [-0.15, -0.1) is 0 Å². The zero-order valence-electron chi connectivity index (χ0n) is 11.3. The Labute approximate surface area is 122 Å². The third-order valence-electron chi connectivity index (χ3n) is 3.22. The van der Waals surface area contributed by atoms with Crippen LogP contribution in [0.25, 0.3) is 0 Å². The Hall–Kier alpha value is -2.82. The Bertz CT molecular complexity index is 676. The van der Waals surface area contributed by atoms with Crippen molar-refractivity contribution in [2.75, 3.05) is 0 Å². The third kappa shape index (κ3) is 3.20. The number of nitrogens with zero attached hydrogens (tertiary/aromatic N) is 2. The highest BCUT2D eigenvalue weighted by atomic mass is 16.3. The second-order valence-corrected chi connectivity index (χ2v) is 4.68. The van der Waals surface area contributed by atoms with Gasteiger partial charge in [0.1, 0.15) is 6.26 Å². The summed E-state index contributed by atoms with van der Waals surface area (Å²) in [5.41, 5.74) is 1.54. The molecule has 1 unspecified atom stereocenters. The van der Waals surface area contributed by atoms with Gasteiger partial charge in [0.25, 0.3) is 5.91 Å². The van der Waals surface area contributed by atoms with Crippen LogP contribution in [-0.2, 0) is 6.54 Å². The number of benzene rings is 1. The molecule has 2 aromatic heterocycles. The molecule has 0 radical (unpaired) electrons. The average molecular weight is 281 g/mol. The van der Waals surface area contributed by atoms with Crippen molar-refractivity contribution < 1.29 is 9.21 Å². The molecule has 0 aliphatic heterocycles. The minimum Gasteiger partial charge on any atom is -0.472 e. The zero-order valence-corrected chi connectivity index (χ0v) is 11.3. The Balaban J connectivity index is 1.80. The maximum Gasteiger partial charge on any atom is 0.255 e. The van der Waals surface area contributed by atoms with Crippen LogP contribution in [0.4, 0.5) is 0 Å². The maximum absolute atomic E-state index is 12.2. The molecule has 106 valence electrons. The normalized spacial score (nSPS) is 12.0. The van der Waals surface area contributed by atoms with Crippen molar-refractivity contribution >= 4 is 5.91 Å². The van der Waals surface area contributed by atoms with Crippen LogP contribution in [0.5, 0.6) is 0 Å². The van der Waals surface area contributed by atoms with Gasteiger partial charge in [0.2, 0.25) is 0 Å². The van der Waals surface area contributed by atoms with Crippen molar-refractivity contribution in [2.24, 2.45) is 0 Å². The molecule has 0 bridgehead atoms. The number of nitrogens with one attached hydrogen (secondary N) is 1. The molecule has 0 aliphatic carbocycles. The average Bonchev–Trinajstić information content (AvgIpc) is 3.21. The summed E-state index contributed by atoms with van der Waals surface area (Å²) in [6.07, 6.45) is 6.52. The van der Waals surface area contributed by atoms with Crippen LogP contribution < -0.4 is 5.32 Å². The zero-order chi connectivity index (χ0) is 14.5. The van der Waals surface area contributed by atoms with Crippen molar-refractivity contribution in [1.82, 2.24) is 15.1 Å². The Morgan fingerprint density at radius 3 is 2.76 bits per heavy atom. The van der Waals surface area contributed by atoms with Gasteiger partial charge in [-0.3, -0.25) is 9.48 Å². The quantitative estimate of drug-likeness (QED) is 0.782. The van der Waals surface area contributed by atoms with Gasteiger partial charge in [-0.2, -0.15) is 5.10 Å². The van der Waals surface area contributed by atoms with Crippen LogP contribution in [0.2, 0.25) is 0 Å². The van der Waals surface area contributed by atoms with Crippen molar-refractivity contribution in [3.63, 3.8) is 0 Å². The fourth-order valence-electron chi connectivity index (χ4n) is 2.15. The molecule has 2 heterocycles. The summed E-state index contributed by atoms with van der Waals surface area (Å²) in [6, 6.07) is 13.2. The Morgan fingerprint density at radius 2 is 2.10 bits per heavy atom. The summed E-state index contributed by atoms with van der Waals surface area (Å²) in [7, 11) is 0. The van der Waals surface area contributed by atoms with Crippen molar-refractivity contribution in [2.45, 2.75) is 12.6 Å². The first-order valence-corrected chi connectivity index (χ1v) is 6.68. The molecule has 1 N–H and O–H groups in total. The number of furan rings is 1. The van der Waals surface area contributed by atoms with Crippen molar-refractivity contribution in [1.29, 1.82) is 0 Å². The Morgan fingerprint density at radius 1 is 1.24 bits per heavy atom. The molecule has 1 aromatic carbocycles. The number of amides is 1. The SMILES string of the molecule is O=C(NC(Cn1cccn1)c1ccccc1)c1ccoc1. The first-order valence-electron chi connectivity index (χ1n) is 6.68. The van der Waals surface area contributed by atoms with Gasteiger partial charge in [0, 0.05) is 12.4 Å². The lowest BCUT2D eigenvalue weighted by Gasteiger charge is -2.19. The summed E-state index contributed by atoms with van der Waals surface area (Å²) in [4.78, 5) is 12.2. The molecule has 3 rings (SSSR count). The maximum atomic E-state index is 12.2. The van der Waals surface area contributed by atoms with Crippen molar-refractivity contribution in [3.05, 3.63) is 78.5 Å². The lowest BCUT2D eigenvalue weighted by atomic mass is 10.1. The van der Waals surface area contributed by atoms with Gasteiger partial charge >= 0.3 is 0 Å². The van der Waals surface area contributed by atoms with Gasteiger partial charge in [-0.05, 0) is 17.7 Å². The fourth-order valence-corrected chi connectivity index (χ4v) is 2.15. The van der Waals surface area contributed by atoms with E-state index >= 15 is 0 Å². The van der Waals surface area contributed by atoms with Gasteiger partial charge in [0.05, 0.1) is 24.4 Å². The second-order valence-electron chi connectivity index (χ2n) is 4.68. The minimum atomic E-state index is -0.162. The molecule has 0 saturated carbocycles. The van der Waals surface area contributed by atoms with Crippen LogP contribution in [0.1, 0.15) is 22.0 Å². The Kier molecular flexibility index (Phi) is 3.82. The molecule has 5 nitrogen and oxygen atoms in total. The topological polar surface area (TPSA) is 60.1 Å². The smallest absolute Gasteiger partial charge is 0.255 e. The van der Waals surface area contributed by atoms with Crippen LogP contribution in [-0.4, -0.2) is 15.7 Å². The molecule has 0 spiro atoms. The van der Waals surface area contributed by atoms with Crippen LogP contribution >= 0.6 is 0 Å². The van der Waals surface area contributed by atoms with E-state index in [0.29, 0.717) is 12.1 Å². The molecule has 1 atom stereocenters. The summed E-state index contributed by atoms with van der Waals surface area (Å²) in [6.45, 7) is 0.570. The van der Waals surface area contributed by atoms with Crippen LogP contribution in [0.3, 0.4) is 0 Å². The van der Waals surface area contributed by atoms with Crippen LogP contribution in [0.15, 0.2) is 71.8 Å². The van der Waals surface area contributed by atoms with E-state index in [4.69, 9.17) is 4.42 Å². The molecular formula is C16H15N3O2. The number of rotatable bonds is 5. The van der Waals surface area contributed by atoms with Gasteiger partial charge in [0.15, 0.2) is 0 Å². The predicted molar refractivity (Wildman–Crippen MR) is 77.6 cm³/mol. The number of carbonyl (C=O) groups is 1. The highest BCUT2D eigenvalue weighted by Gasteiger charge is 2.17. The second kappa shape index (κ2) is 6.09. The van der Waals surface area contributed by atoms with Crippen molar-refractivity contribution in [3.8, 4) is 0 Å². The summed E-state index contributed by atoms with van der Waals surface area (Å²) in [5, 5.41) is 7.21. The lowest BCUT2D eigenvalue weighted by molar-refractivity contribution is 0.0931. The van der Waals surface area contributed by atoms with Gasteiger partial charge < -0.3 is 9.73 Å². The molecule has 21 heavy (non-hydrogen) atoms. The summed E-state index contributed by atoms with van der Waals surface area (Å²) >= 11 is 0. The highest BCUT2D eigenvalue weighted by Crippen LogP contribution is 2.15. The summed E-state index contributed by atoms with van der Waals surface area (Å²) in [5.74, 6) is -0.162. The third-order valence-corrected chi connectivity index (χ3v) is 3.22. The number of hydrogen-bond acceptors (Lipinski definition) is 3. The lowest BCUT2D eigenvalue weighted by Crippen LogP contribution is -2.31. The van der Waals surface area contributed by atoms with E-state index < -0.39 is 0 Å². The molecule has 5 heteroatoms. The molecule has 1 amide bonds. The number of hydrogen-bond donors (Lipinski definition) is 1. The predicted octanol–water partition coefficient (Wildman–Crippen LogP) is 2.65. The number of aromatic nitrogens is 2. The van der Waals surface area contributed by atoms with E-state index in [1.807, 2.05) is 42.6 Å². The number of carbonyl (C=O) groups excluding carboxylic acids is 1. The van der Waals surface area contributed by atoms with Gasteiger partial charge in [-0.1, -0.05) is 30.3 Å². The molecular weight excluding hydrogens is 266 g/mol. The monoisotopic (exact) mass is 281 g/mol. The highest BCUT2D eigenvalue weighted by molar-refractivity contribution is 5.94. The van der Waals surface area contributed by atoms with E-state index in [1.54, 1.807) is 16.9 Å². The minimum absolute atomic E-state index is 0.159. The fraction of sp³-hybridized carbons (Fsp3) is 0.125. The van der Waals surface area contributed by atoms with Gasteiger partial charge in [-0.25, -0.2) is 0 Å². The van der Waals surface area contributed by atoms with E-state index in [0.717, 1.165) is 5.56 Å². The summed E-state index contributed by atoms with van der Waals surface area (Å²) < 4.78 is 6.75. The standard InChI is InChI=1S/C16H15N3O2/c20-16(14-7-10-21-12-14)18-15(11-19-9-4-8-17-19)13-5-2-1-3-6-13/h1-10,12,15H,11H2,(H,18,20). The first-order chi connectivity index (χ1) is 10.3. The largest absolute Gasteiger partial charge is 0.472 e. The van der Waals surface area contributed by atoms with E-state index in [9.17, 15) is 4.79 Å². The molecule has 3 aromatic rings.